The van der Waals surface area contributed by atoms with E-state index in [0.29, 0.717) is 12.5 Å². The zero-order valence-corrected chi connectivity index (χ0v) is 14.7. The summed E-state index contributed by atoms with van der Waals surface area (Å²) in [7, 11) is 0. The number of hydrogen-bond donors (Lipinski definition) is 0. The molecular weight excluding hydrogens is 334 g/mol. The van der Waals surface area contributed by atoms with Crippen molar-refractivity contribution >= 4 is 28.2 Å². The first-order valence-corrected chi connectivity index (χ1v) is 9.56. The van der Waals surface area contributed by atoms with Crippen molar-refractivity contribution in [2.75, 3.05) is 19.6 Å². The van der Waals surface area contributed by atoms with Gasteiger partial charge in [-0.15, -0.1) is 11.3 Å². The Morgan fingerprint density at radius 2 is 2.16 bits per heavy atom. The molecule has 2 aliphatic heterocycles. The van der Waals surface area contributed by atoms with E-state index in [0.717, 1.165) is 49.3 Å². The number of nitrogens with zero attached hydrogens (tertiary/aromatic N) is 3. The van der Waals surface area contributed by atoms with Crippen molar-refractivity contribution in [1.29, 1.82) is 0 Å². The number of hydrogen-bond acceptors (Lipinski definition) is 5. The molecule has 1 fully saturated rings. The zero-order valence-electron chi connectivity index (χ0n) is 13.9. The molecule has 0 atom stereocenters. The van der Waals surface area contributed by atoms with Crippen molar-refractivity contribution in [3.8, 4) is 0 Å². The van der Waals surface area contributed by atoms with Crippen LogP contribution in [0.25, 0.3) is 11.0 Å². The van der Waals surface area contributed by atoms with E-state index in [-0.39, 0.29) is 5.91 Å². The van der Waals surface area contributed by atoms with Crippen LogP contribution in [0.4, 0.5) is 0 Å². The van der Waals surface area contributed by atoms with Gasteiger partial charge in [0.2, 0.25) is 5.91 Å². The summed E-state index contributed by atoms with van der Waals surface area (Å²) in [6.07, 6.45) is 1.46. The van der Waals surface area contributed by atoms with Crippen LogP contribution in [-0.2, 0) is 24.2 Å². The lowest BCUT2D eigenvalue weighted by Crippen LogP contribution is -2.61. The van der Waals surface area contributed by atoms with E-state index in [4.69, 9.17) is 4.52 Å². The number of carbonyl (C=O) groups excluding carboxylic acids is 1. The molecule has 0 aliphatic carbocycles. The maximum atomic E-state index is 12.5. The molecule has 128 valence electrons. The zero-order chi connectivity index (χ0) is 16.8. The Kier molecular flexibility index (Phi) is 3.60. The number of aromatic nitrogens is 1. The van der Waals surface area contributed by atoms with E-state index in [2.05, 4.69) is 21.5 Å². The summed E-state index contributed by atoms with van der Waals surface area (Å²) in [5.41, 5.74) is 2.95. The van der Waals surface area contributed by atoms with E-state index < -0.39 is 0 Å². The second-order valence-electron chi connectivity index (χ2n) is 6.84. The Bertz CT molecular complexity index is 926. The fraction of sp³-hybridized carbons (Fsp3) is 0.368. The number of thiophene rings is 1. The van der Waals surface area contributed by atoms with Gasteiger partial charge in [0.25, 0.3) is 0 Å². The second-order valence-corrected chi connectivity index (χ2v) is 7.84. The molecule has 0 N–H and O–H groups in total. The van der Waals surface area contributed by atoms with Crippen molar-refractivity contribution in [2.45, 2.75) is 25.4 Å². The SMILES string of the molecule is O=C(Cc1noc2ccccc12)N1CC(N2CCc3sccc3C2)C1. The average Bonchev–Trinajstić information content (AvgIpc) is 3.20. The van der Waals surface area contributed by atoms with Gasteiger partial charge in [-0.1, -0.05) is 17.3 Å². The van der Waals surface area contributed by atoms with Gasteiger partial charge in [-0.25, -0.2) is 0 Å². The lowest BCUT2D eigenvalue weighted by atomic mass is 10.0. The molecule has 0 spiro atoms. The summed E-state index contributed by atoms with van der Waals surface area (Å²) in [5, 5.41) is 7.20. The molecule has 0 unspecified atom stereocenters. The lowest BCUT2D eigenvalue weighted by Gasteiger charge is -2.46. The van der Waals surface area contributed by atoms with Crippen molar-refractivity contribution in [2.24, 2.45) is 0 Å². The van der Waals surface area contributed by atoms with Gasteiger partial charge in [-0.3, -0.25) is 9.69 Å². The summed E-state index contributed by atoms with van der Waals surface area (Å²) in [6.45, 7) is 3.79. The van der Waals surface area contributed by atoms with E-state index in [1.165, 1.54) is 10.4 Å². The highest BCUT2D eigenvalue weighted by Gasteiger charge is 2.36. The Hall–Kier alpha value is -2.18. The molecule has 5 rings (SSSR count). The molecule has 1 saturated heterocycles. The average molecular weight is 353 g/mol. The van der Waals surface area contributed by atoms with Gasteiger partial charge in [-0.2, -0.15) is 0 Å². The van der Waals surface area contributed by atoms with Gasteiger partial charge in [0.05, 0.1) is 6.42 Å². The van der Waals surface area contributed by atoms with Gasteiger partial charge in [-0.05, 0) is 35.6 Å². The fourth-order valence-electron chi connectivity index (χ4n) is 3.79. The first-order chi connectivity index (χ1) is 12.3. The van der Waals surface area contributed by atoms with Crippen molar-refractivity contribution in [3.05, 3.63) is 51.8 Å². The molecule has 2 aliphatic rings. The Morgan fingerprint density at radius 3 is 3.08 bits per heavy atom. The van der Waals surface area contributed by atoms with Crippen LogP contribution in [0.2, 0.25) is 0 Å². The predicted molar refractivity (Wildman–Crippen MR) is 96.5 cm³/mol. The fourth-order valence-corrected chi connectivity index (χ4v) is 4.68. The van der Waals surface area contributed by atoms with Crippen LogP contribution in [0.5, 0.6) is 0 Å². The van der Waals surface area contributed by atoms with Crippen LogP contribution < -0.4 is 0 Å². The molecular formula is C19H19N3O2S. The van der Waals surface area contributed by atoms with Crippen LogP contribution in [0.15, 0.2) is 40.2 Å². The quantitative estimate of drug-likeness (QED) is 0.726. The van der Waals surface area contributed by atoms with Gasteiger partial charge in [0, 0.05) is 42.5 Å². The number of amides is 1. The first kappa shape index (κ1) is 15.1. The standard InChI is InChI=1S/C19H19N3O2S/c23-19(9-16-15-3-1-2-4-17(15)24-20-16)22-11-14(12-22)21-7-5-18-13(10-21)6-8-25-18/h1-4,6,8,14H,5,7,9-12H2. The van der Waals surface area contributed by atoms with E-state index >= 15 is 0 Å². The number of rotatable bonds is 3. The van der Waals surface area contributed by atoms with Crippen molar-refractivity contribution in [3.63, 3.8) is 0 Å². The third-order valence-electron chi connectivity index (χ3n) is 5.34. The minimum absolute atomic E-state index is 0.142. The maximum absolute atomic E-state index is 12.5. The Balaban J connectivity index is 1.20. The highest BCUT2D eigenvalue weighted by atomic mass is 32.1. The van der Waals surface area contributed by atoms with Crippen LogP contribution in [0.3, 0.4) is 0 Å². The van der Waals surface area contributed by atoms with Gasteiger partial charge in [0.1, 0.15) is 5.69 Å². The molecule has 6 heteroatoms. The smallest absolute Gasteiger partial charge is 0.228 e. The molecule has 3 aromatic rings. The molecule has 1 amide bonds. The molecule has 0 radical (unpaired) electrons. The molecule has 1 aromatic carbocycles. The first-order valence-electron chi connectivity index (χ1n) is 8.68. The third-order valence-corrected chi connectivity index (χ3v) is 6.36. The minimum atomic E-state index is 0.142. The summed E-state index contributed by atoms with van der Waals surface area (Å²) in [5.74, 6) is 0.142. The second kappa shape index (κ2) is 5.97. The van der Waals surface area contributed by atoms with Crippen LogP contribution in [0, 0.1) is 0 Å². The molecule has 0 saturated carbocycles. The number of fused-ring (bicyclic) bond motifs is 2. The summed E-state index contributed by atoms with van der Waals surface area (Å²) < 4.78 is 5.30. The summed E-state index contributed by atoms with van der Waals surface area (Å²) in [4.78, 5) is 18.5. The molecule has 25 heavy (non-hydrogen) atoms. The van der Waals surface area contributed by atoms with Crippen LogP contribution in [-0.4, -0.2) is 46.5 Å². The molecule has 0 bridgehead atoms. The van der Waals surface area contributed by atoms with Gasteiger partial charge in [0.15, 0.2) is 5.58 Å². The maximum Gasteiger partial charge on any atom is 0.228 e. The highest BCUT2D eigenvalue weighted by molar-refractivity contribution is 7.10. The largest absolute Gasteiger partial charge is 0.356 e. The topological polar surface area (TPSA) is 49.6 Å². The van der Waals surface area contributed by atoms with E-state index in [1.807, 2.05) is 40.5 Å². The normalized spacial score (nSPS) is 18.3. The number of benzene rings is 1. The molecule has 2 aromatic heterocycles. The Morgan fingerprint density at radius 1 is 1.28 bits per heavy atom. The van der Waals surface area contributed by atoms with Crippen LogP contribution in [0.1, 0.15) is 16.1 Å². The van der Waals surface area contributed by atoms with Crippen molar-refractivity contribution in [1.82, 2.24) is 15.0 Å². The van der Waals surface area contributed by atoms with Gasteiger partial charge >= 0.3 is 0 Å². The highest BCUT2D eigenvalue weighted by Crippen LogP contribution is 2.28. The molecule has 5 nitrogen and oxygen atoms in total. The van der Waals surface area contributed by atoms with Crippen molar-refractivity contribution < 1.29 is 9.32 Å². The number of likely N-dealkylation sites (tertiary alicyclic amines) is 1. The Labute approximate surface area is 149 Å². The van der Waals surface area contributed by atoms with Gasteiger partial charge < -0.3 is 9.42 Å². The summed E-state index contributed by atoms with van der Waals surface area (Å²) in [6, 6.07) is 10.4. The number of para-hydroxylation sites is 1. The monoisotopic (exact) mass is 353 g/mol. The lowest BCUT2D eigenvalue weighted by molar-refractivity contribution is -0.138. The predicted octanol–water partition coefficient (Wildman–Crippen LogP) is 2.70. The number of carbonyl (C=O) groups is 1. The van der Waals surface area contributed by atoms with E-state index in [9.17, 15) is 4.79 Å². The minimum Gasteiger partial charge on any atom is -0.356 e. The van der Waals surface area contributed by atoms with Crippen LogP contribution >= 0.6 is 11.3 Å². The van der Waals surface area contributed by atoms with E-state index in [1.54, 1.807) is 0 Å². The third kappa shape index (κ3) is 2.65. The summed E-state index contributed by atoms with van der Waals surface area (Å²) >= 11 is 1.87. The molecule has 4 heterocycles.